The van der Waals surface area contributed by atoms with Gasteiger partial charge in [-0.05, 0) is 38.1 Å². The lowest BCUT2D eigenvalue weighted by Gasteiger charge is -2.05. The van der Waals surface area contributed by atoms with Gasteiger partial charge >= 0.3 is 0 Å². The fourth-order valence-electron chi connectivity index (χ4n) is 1.77. The van der Waals surface area contributed by atoms with Crippen LogP contribution >= 0.6 is 0 Å². The average Bonchev–Trinajstić information content (AvgIpc) is 2.46. The molecule has 0 amide bonds. The number of nitrogens with one attached hydrogen (secondary N) is 1. The normalized spacial score (nSPS) is 11.3. The highest BCUT2D eigenvalue weighted by atomic mass is 19.1. The highest BCUT2D eigenvalue weighted by Crippen LogP contribution is 2.20. The maximum absolute atomic E-state index is 12.8. The molecule has 0 saturated heterocycles. The molecule has 21 heavy (non-hydrogen) atoms. The first-order valence-electron chi connectivity index (χ1n) is 6.28. The Kier molecular flexibility index (Phi) is 4.27. The number of benzene rings is 2. The van der Waals surface area contributed by atoms with Gasteiger partial charge in [-0.1, -0.05) is 12.1 Å². The second kappa shape index (κ2) is 6.13. The van der Waals surface area contributed by atoms with Gasteiger partial charge in [0.2, 0.25) is 0 Å². The van der Waals surface area contributed by atoms with Crippen LogP contribution in [-0.4, -0.2) is 10.6 Å². The SMILES string of the molecule is C/C(=N/Nc1ccc(F)cc1)c1ccc(C)c([N+](=O)[O-])c1. The van der Waals surface area contributed by atoms with Gasteiger partial charge in [0.15, 0.2) is 0 Å². The molecule has 0 saturated carbocycles. The molecule has 0 unspecified atom stereocenters. The van der Waals surface area contributed by atoms with Crippen LogP contribution < -0.4 is 5.43 Å². The van der Waals surface area contributed by atoms with Crippen molar-refractivity contribution in [3.8, 4) is 0 Å². The van der Waals surface area contributed by atoms with Crippen LogP contribution in [0.3, 0.4) is 0 Å². The van der Waals surface area contributed by atoms with Crippen LogP contribution in [0.25, 0.3) is 0 Å². The van der Waals surface area contributed by atoms with Crippen molar-refractivity contribution < 1.29 is 9.31 Å². The first-order chi connectivity index (χ1) is 9.97. The number of nitro benzene ring substituents is 1. The van der Waals surface area contributed by atoms with Gasteiger partial charge in [-0.2, -0.15) is 5.10 Å². The van der Waals surface area contributed by atoms with E-state index >= 15 is 0 Å². The van der Waals surface area contributed by atoms with E-state index in [1.54, 1.807) is 38.1 Å². The van der Waals surface area contributed by atoms with Crippen LogP contribution in [-0.2, 0) is 0 Å². The molecule has 6 heteroatoms. The number of anilines is 1. The van der Waals surface area contributed by atoms with Crippen LogP contribution in [0.1, 0.15) is 18.1 Å². The Morgan fingerprint density at radius 2 is 1.90 bits per heavy atom. The summed E-state index contributed by atoms with van der Waals surface area (Å²) in [5, 5.41) is 15.1. The maximum atomic E-state index is 12.8. The number of aryl methyl sites for hydroxylation is 1. The van der Waals surface area contributed by atoms with E-state index in [1.165, 1.54) is 18.2 Å². The van der Waals surface area contributed by atoms with Crippen molar-refractivity contribution in [2.24, 2.45) is 5.10 Å². The quantitative estimate of drug-likeness (QED) is 0.527. The summed E-state index contributed by atoms with van der Waals surface area (Å²) in [6.07, 6.45) is 0. The van der Waals surface area contributed by atoms with Crippen molar-refractivity contribution in [2.75, 3.05) is 5.43 Å². The third-order valence-electron chi connectivity index (χ3n) is 3.02. The van der Waals surface area contributed by atoms with Gasteiger partial charge in [0.1, 0.15) is 5.82 Å². The molecule has 1 N–H and O–H groups in total. The highest BCUT2D eigenvalue weighted by molar-refractivity contribution is 5.99. The first-order valence-corrected chi connectivity index (χ1v) is 6.28. The highest BCUT2D eigenvalue weighted by Gasteiger charge is 2.12. The molecule has 0 radical (unpaired) electrons. The van der Waals surface area contributed by atoms with E-state index in [9.17, 15) is 14.5 Å². The Morgan fingerprint density at radius 3 is 2.52 bits per heavy atom. The van der Waals surface area contributed by atoms with Gasteiger partial charge in [0.25, 0.3) is 5.69 Å². The zero-order valence-corrected chi connectivity index (χ0v) is 11.6. The van der Waals surface area contributed by atoms with Crippen LogP contribution in [0.5, 0.6) is 0 Å². The lowest BCUT2D eigenvalue weighted by atomic mass is 10.1. The summed E-state index contributed by atoms with van der Waals surface area (Å²) in [5.74, 6) is -0.324. The summed E-state index contributed by atoms with van der Waals surface area (Å²) < 4.78 is 12.8. The van der Waals surface area contributed by atoms with E-state index in [-0.39, 0.29) is 11.5 Å². The standard InChI is InChI=1S/C15H14FN3O2/c1-10-3-4-12(9-15(10)19(20)21)11(2)17-18-14-7-5-13(16)6-8-14/h3-9,18H,1-2H3/b17-11-. The van der Waals surface area contributed by atoms with E-state index < -0.39 is 4.92 Å². The molecule has 2 aromatic carbocycles. The molecule has 2 aromatic rings. The fourth-order valence-corrected chi connectivity index (χ4v) is 1.77. The Labute approximate surface area is 121 Å². The molecule has 0 aliphatic rings. The number of nitro groups is 1. The van der Waals surface area contributed by atoms with Crippen molar-refractivity contribution >= 4 is 17.1 Å². The summed E-state index contributed by atoms with van der Waals surface area (Å²) in [6, 6.07) is 10.7. The predicted octanol–water partition coefficient (Wildman–Crippen LogP) is 3.88. The van der Waals surface area contributed by atoms with E-state index in [0.29, 0.717) is 22.5 Å². The fraction of sp³-hybridized carbons (Fsp3) is 0.133. The lowest BCUT2D eigenvalue weighted by molar-refractivity contribution is -0.385. The maximum Gasteiger partial charge on any atom is 0.272 e. The molecular formula is C15H14FN3O2. The topological polar surface area (TPSA) is 67.5 Å². The number of hydrogen-bond donors (Lipinski definition) is 1. The van der Waals surface area contributed by atoms with Gasteiger partial charge < -0.3 is 0 Å². The van der Waals surface area contributed by atoms with Crippen molar-refractivity contribution in [3.63, 3.8) is 0 Å². The van der Waals surface area contributed by atoms with Crippen LogP contribution in [0.4, 0.5) is 15.8 Å². The minimum Gasteiger partial charge on any atom is -0.278 e. The summed E-state index contributed by atoms with van der Waals surface area (Å²) in [4.78, 5) is 10.5. The molecule has 0 fully saturated rings. The van der Waals surface area contributed by atoms with Gasteiger partial charge in [-0.25, -0.2) is 4.39 Å². The molecule has 0 spiro atoms. The average molecular weight is 287 g/mol. The number of hydrazone groups is 1. The molecule has 108 valence electrons. The third kappa shape index (κ3) is 3.62. The molecule has 0 atom stereocenters. The summed E-state index contributed by atoms with van der Waals surface area (Å²) in [5.41, 5.74) is 5.33. The molecule has 0 heterocycles. The van der Waals surface area contributed by atoms with E-state index in [2.05, 4.69) is 10.5 Å². The predicted molar refractivity (Wildman–Crippen MR) is 80.1 cm³/mol. The van der Waals surface area contributed by atoms with E-state index in [1.807, 2.05) is 0 Å². The number of halogens is 1. The molecular weight excluding hydrogens is 273 g/mol. The molecule has 0 aliphatic carbocycles. The van der Waals surface area contributed by atoms with Gasteiger partial charge in [0, 0.05) is 17.2 Å². The number of nitrogens with zero attached hydrogens (tertiary/aromatic N) is 2. The Hall–Kier alpha value is -2.76. The molecule has 2 rings (SSSR count). The number of rotatable bonds is 4. The van der Waals surface area contributed by atoms with Crippen molar-refractivity contribution in [1.82, 2.24) is 0 Å². The Morgan fingerprint density at radius 1 is 1.24 bits per heavy atom. The van der Waals surface area contributed by atoms with Crippen molar-refractivity contribution in [2.45, 2.75) is 13.8 Å². The Bertz CT molecular complexity index is 697. The largest absolute Gasteiger partial charge is 0.278 e. The van der Waals surface area contributed by atoms with Crippen molar-refractivity contribution in [3.05, 3.63) is 69.5 Å². The Balaban J connectivity index is 2.21. The van der Waals surface area contributed by atoms with Gasteiger partial charge in [-0.15, -0.1) is 0 Å². The minimum atomic E-state index is -0.417. The number of hydrogen-bond acceptors (Lipinski definition) is 4. The smallest absolute Gasteiger partial charge is 0.272 e. The minimum absolute atomic E-state index is 0.0591. The molecule has 0 aliphatic heterocycles. The van der Waals surface area contributed by atoms with Gasteiger partial charge in [0.05, 0.1) is 16.3 Å². The van der Waals surface area contributed by atoms with Gasteiger partial charge in [-0.3, -0.25) is 15.5 Å². The first kappa shape index (κ1) is 14.6. The molecule has 5 nitrogen and oxygen atoms in total. The zero-order valence-electron chi connectivity index (χ0n) is 11.6. The monoisotopic (exact) mass is 287 g/mol. The second-order valence-corrected chi connectivity index (χ2v) is 4.57. The third-order valence-corrected chi connectivity index (χ3v) is 3.02. The van der Waals surface area contributed by atoms with Crippen LogP contribution in [0.2, 0.25) is 0 Å². The van der Waals surface area contributed by atoms with E-state index in [4.69, 9.17) is 0 Å². The molecule has 0 bridgehead atoms. The van der Waals surface area contributed by atoms with Crippen molar-refractivity contribution in [1.29, 1.82) is 0 Å². The zero-order chi connectivity index (χ0) is 15.4. The summed E-state index contributed by atoms with van der Waals surface area (Å²) in [7, 11) is 0. The van der Waals surface area contributed by atoms with Crippen LogP contribution in [0.15, 0.2) is 47.6 Å². The lowest BCUT2D eigenvalue weighted by Crippen LogP contribution is -2.01. The van der Waals surface area contributed by atoms with Crippen LogP contribution in [0, 0.1) is 22.9 Å². The van der Waals surface area contributed by atoms with E-state index in [0.717, 1.165) is 0 Å². The molecule has 0 aromatic heterocycles. The second-order valence-electron chi connectivity index (χ2n) is 4.57. The summed E-state index contributed by atoms with van der Waals surface area (Å²) in [6.45, 7) is 3.43. The summed E-state index contributed by atoms with van der Waals surface area (Å²) >= 11 is 0.